The Hall–Kier alpha value is -13.2. The molecule has 0 bridgehead atoms. The molecule has 0 radical (unpaired) electrons. The highest BCUT2D eigenvalue weighted by Crippen LogP contribution is 2.53. The second-order valence-electron chi connectivity index (χ2n) is 23.7. The Morgan fingerprint density at radius 3 is 1.09 bits per heavy atom. The summed E-state index contributed by atoms with van der Waals surface area (Å²) in [7, 11) is 0. The quantitative estimate of drug-likeness (QED) is 0.128. The van der Waals surface area contributed by atoms with Gasteiger partial charge in [-0.25, -0.2) is 19.8 Å². The zero-order valence-electron chi connectivity index (χ0n) is 60.7. The van der Waals surface area contributed by atoms with Gasteiger partial charge in [0.2, 0.25) is 5.69 Å². The number of benzene rings is 14. The predicted octanol–water partition coefficient (Wildman–Crippen LogP) is 23.8. The van der Waals surface area contributed by atoms with Crippen LogP contribution in [-0.2, 0) is 0 Å². The van der Waals surface area contributed by atoms with Crippen molar-refractivity contribution in [2.24, 2.45) is 0 Å². The van der Waals surface area contributed by atoms with E-state index in [1.165, 1.54) is 0 Å². The van der Waals surface area contributed by atoms with Crippen LogP contribution >= 0.6 is 0 Å². The maximum Gasteiger partial charge on any atom is 0.213 e. The van der Waals surface area contributed by atoms with E-state index in [4.69, 9.17) is 32.0 Å². The summed E-state index contributed by atoms with van der Waals surface area (Å²) in [6.07, 6.45) is 0. The SMILES string of the molecule is [2H]c1c([2H])c([2H])c(-c2nc(-c3cc([N+]#[C-])c(-n4c5ccc(-c6ccccc6)cc5c5c6oc7ccc(-c8ccccc8)cc7c6ccc54)c(-n4c5ccc(-c6ccccc6)cc5c5c6oc7ccc(-c8ccccc8)cc7c6ccc54)c3-c3ccccc3)nc(-c3c([2H])c([2H])c([2H])c([2H])c3[2H])n2)c([2H])c1[2H]. The number of hydrogen-bond acceptors (Lipinski definition) is 5. The second-order valence-corrected chi connectivity index (χ2v) is 23.7. The molecule has 0 saturated carbocycles. The molecule has 0 aliphatic rings. The largest absolute Gasteiger partial charge is 0.455 e. The van der Waals surface area contributed by atoms with Crippen LogP contribution in [0.5, 0.6) is 0 Å². The molecule has 14 aromatic carbocycles. The molecule has 446 valence electrons. The molecular weight excluding hydrogens is 1170 g/mol. The smallest absolute Gasteiger partial charge is 0.213 e. The molecule has 0 unspecified atom stereocenters. The van der Waals surface area contributed by atoms with E-state index in [2.05, 4.69) is 147 Å². The Kier molecular flexibility index (Phi) is 10.3. The Labute approximate surface area is 565 Å². The van der Waals surface area contributed by atoms with Crippen LogP contribution in [0.25, 0.3) is 194 Å². The van der Waals surface area contributed by atoms with E-state index < -0.39 is 83.2 Å². The van der Waals surface area contributed by atoms with Crippen LogP contribution in [0, 0.1) is 6.57 Å². The number of hydrogen-bond donors (Lipinski definition) is 0. The van der Waals surface area contributed by atoms with E-state index in [1.54, 1.807) is 6.07 Å². The molecule has 0 spiro atoms. The van der Waals surface area contributed by atoms with Crippen LogP contribution in [0.2, 0.25) is 0 Å². The topological polar surface area (TPSA) is 79.2 Å². The zero-order valence-corrected chi connectivity index (χ0v) is 50.7. The second kappa shape index (κ2) is 22.0. The molecule has 8 heteroatoms. The zero-order chi connectivity index (χ0) is 72.1. The highest BCUT2D eigenvalue weighted by atomic mass is 16.3. The minimum Gasteiger partial charge on any atom is -0.455 e. The van der Waals surface area contributed by atoms with Crippen LogP contribution in [0.4, 0.5) is 5.69 Å². The summed E-state index contributed by atoms with van der Waals surface area (Å²) in [6.45, 7) is 9.80. The molecule has 19 aromatic rings. The molecule has 0 amide bonds. The minimum atomic E-state index is -0.690. The summed E-state index contributed by atoms with van der Waals surface area (Å²) in [4.78, 5) is 19.6. The normalized spacial score (nSPS) is 13.2. The van der Waals surface area contributed by atoms with Gasteiger partial charge in [-0.2, -0.15) is 0 Å². The first-order valence-corrected chi connectivity index (χ1v) is 31.4. The minimum absolute atomic E-state index is 0.0658. The van der Waals surface area contributed by atoms with E-state index >= 15 is 0 Å². The lowest BCUT2D eigenvalue weighted by Crippen LogP contribution is -2.09. The summed E-state index contributed by atoms with van der Waals surface area (Å²) in [5.74, 6) is -1.16. The third kappa shape index (κ3) is 8.72. The van der Waals surface area contributed by atoms with Crippen LogP contribution < -0.4 is 0 Å². The fourth-order valence-corrected chi connectivity index (χ4v) is 14.1. The standard InChI is InChI=1S/C88H52N6O2/c1-89-72-53-71(88-91-86(59-33-19-7-20-34-59)90-87(92-88)60-35-21-8-22-36-60)79(58-31-17-6-18-32-58)83(94-74-44-38-62(55-25-11-3-12-26-55)52-70(74)81-76(94)46-42-66-68-50-64(57-29-15-5-16-30-57)40-48-78(68)96-85(66)81)82(72)93-73-43-37-61(54-23-9-2-10-24-54)51-69(73)80-75(93)45-41-65-67-49-63(56-27-13-4-14-28-56)39-47-77(67)95-84(65)80/h2-53H/i7D,8D,19D,20D,21D,22D,33D,34D,35D,36D. The summed E-state index contributed by atoms with van der Waals surface area (Å²) >= 11 is 0. The van der Waals surface area contributed by atoms with Crippen molar-refractivity contribution in [2.45, 2.75) is 0 Å². The number of rotatable bonds is 10. The van der Waals surface area contributed by atoms with Gasteiger partial charge in [-0.15, -0.1) is 0 Å². The predicted molar refractivity (Wildman–Crippen MR) is 393 cm³/mol. The third-order valence-electron chi connectivity index (χ3n) is 18.4. The first kappa shape index (κ1) is 45.1. The van der Waals surface area contributed by atoms with Gasteiger partial charge >= 0.3 is 0 Å². The molecule has 0 fully saturated rings. The molecule has 0 N–H and O–H groups in total. The van der Waals surface area contributed by atoms with Crippen LogP contribution in [0.3, 0.4) is 0 Å². The number of aromatic nitrogens is 5. The van der Waals surface area contributed by atoms with Crippen molar-refractivity contribution in [3.8, 4) is 101 Å². The van der Waals surface area contributed by atoms with Crippen molar-refractivity contribution in [3.05, 3.63) is 327 Å². The lowest BCUT2D eigenvalue weighted by Gasteiger charge is -2.25. The van der Waals surface area contributed by atoms with Crippen molar-refractivity contribution < 1.29 is 22.5 Å². The van der Waals surface area contributed by atoms with Crippen molar-refractivity contribution in [1.29, 1.82) is 0 Å². The Morgan fingerprint density at radius 2 is 0.677 bits per heavy atom. The molecule has 0 aliphatic carbocycles. The first-order valence-electron chi connectivity index (χ1n) is 36.4. The molecule has 19 rings (SSSR count). The van der Waals surface area contributed by atoms with Gasteiger partial charge in [0.25, 0.3) is 0 Å². The van der Waals surface area contributed by atoms with E-state index in [-0.39, 0.29) is 17.1 Å². The van der Waals surface area contributed by atoms with Gasteiger partial charge in [0.15, 0.2) is 17.5 Å². The van der Waals surface area contributed by atoms with Crippen molar-refractivity contribution in [2.75, 3.05) is 0 Å². The van der Waals surface area contributed by atoms with Crippen molar-refractivity contribution >= 4 is 93.2 Å². The molecular formula is C88H52N6O2. The molecule has 5 heterocycles. The number of furan rings is 2. The van der Waals surface area contributed by atoms with Crippen molar-refractivity contribution in [3.63, 3.8) is 0 Å². The van der Waals surface area contributed by atoms with Crippen LogP contribution in [0.1, 0.15) is 13.7 Å². The highest BCUT2D eigenvalue weighted by molar-refractivity contribution is 6.27. The molecule has 0 saturated heterocycles. The first-order chi connectivity index (χ1) is 51.7. The van der Waals surface area contributed by atoms with Crippen LogP contribution in [0.15, 0.2) is 324 Å². The lowest BCUT2D eigenvalue weighted by molar-refractivity contribution is 0.672. The summed E-state index contributed by atoms with van der Waals surface area (Å²) in [5.41, 5.74) is 14.4. The maximum atomic E-state index is 9.80. The average Bonchev–Trinajstić information content (AvgIpc) is 1.51. The molecule has 96 heavy (non-hydrogen) atoms. The Bertz CT molecular complexity index is 6870. The van der Waals surface area contributed by atoms with E-state index in [0.29, 0.717) is 66.9 Å². The fourth-order valence-electron chi connectivity index (χ4n) is 14.1. The average molecular weight is 1240 g/mol. The van der Waals surface area contributed by atoms with Crippen LogP contribution in [-0.4, -0.2) is 24.1 Å². The summed E-state index contributed by atoms with van der Waals surface area (Å²) < 4.78 is 109. The molecule has 0 atom stereocenters. The van der Waals surface area contributed by atoms with Gasteiger partial charge in [0.1, 0.15) is 22.3 Å². The lowest BCUT2D eigenvalue weighted by atomic mass is 9.93. The maximum absolute atomic E-state index is 9.80. The number of nitrogens with zero attached hydrogens (tertiary/aromatic N) is 6. The van der Waals surface area contributed by atoms with Gasteiger partial charge < -0.3 is 18.0 Å². The van der Waals surface area contributed by atoms with E-state index in [0.717, 1.165) is 87.6 Å². The molecule has 0 aliphatic heterocycles. The number of fused-ring (bicyclic) bond motifs is 14. The van der Waals surface area contributed by atoms with Gasteiger partial charge in [0.05, 0.1) is 64.5 Å². The molecule has 5 aromatic heterocycles. The van der Waals surface area contributed by atoms with Crippen molar-refractivity contribution in [1.82, 2.24) is 24.1 Å². The summed E-state index contributed by atoms with van der Waals surface area (Å²) in [5, 5.41) is 6.67. The van der Waals surface area contributed by atoms with Gasteiger partial charge in [0, 0.05) is 54.6 Å². The summed E-state index contributed by atoms with van der Waals surface area (Å²) in [6, 6.07) is 78.6. The monoisotopic (exact) mass is 1230 g/mol. The third-order valence-corrected chi connectivity index (χ3v) is 18.4. The molecule has 8 nitrogen and oxygen atoms in total. The van der Waals surface area contributed by atoms with Gasteiger partial charge in [-0.1, -0.05) is 236 Å². The fraction of sp³-hybridized carbons (Fsp3) is 0. The highest BCUT2D eigenvalue weighted by Gasteiger charge is 2.32. The van der Waals surface area contributed by atoms with Gasteiger partial charge in [-0.3, -0.25) is 0 Å². The Morgan fingerprint density at radius 1 is 0.312 bits per heavy atom. The van der Waals surface area contributed by atoms with E-state index in [1.807, 2.05) is 115 Å². The Balaban J connectivity index is 1.02. The van der Waals surface area contributed by atoms with Gasteiger partial charge in [-0.05, 0) is 129 Å². The van der Waals surface area contributed by atoms with E-state index in [9.17, 15) is 12.1 Å².